The van der Waals surface area contributed by atoms with Gasteiger partial charge in [0.15, 0.2) is 0 Å². The molecule has 124 valence electrons. The van der Waals surface area contributed by atoms with Crippen LogP contribution in [0.3, 0.4) is 0 Å². The van der Waals surface area contributed by atoms with Gasteiger partial charge in [-0.2, -0.15) is 0 Å². The predicted molar refractivity (Wildman–Crippen MR) is 85.7 cm³/mol. The molecule has 1 N–H and O–H groups in total. The van der Waals surface area contributed by atoms with Gasteiger partial charge in [0.2, 0.25) is 11.8 Å². The van der Waals surface area contributed by atoms with Crippen LogP contribution >= 0.6 is 0 Å². The summed E-state index contributed by atoms with van der Waals surface area (Å²) in [4.78, 5) is 25.5. The average Bonchev–Trinajstić information content (AvgIpc) is 2.52. The number of benzene rings is 1. The minimum Gasteiger partial charge on any atom is -0.306 e. The monoisotopic (exact) mass is 318 g/mol. The lowest BCUT2D eigenvalue weighted by atomic mass is 9.83. The lowest BCUT2D eigenvalue weighted by Crippen LogP contribution is -2.39. The number of amides is 2. The topological polar surface area (TPSA) is 49.4 Å². The minimum absolute atomic E-state index is 0.269. The van der Waals surface area contributed by atoms with Crippen molar-refractivity contribution in [2.24, 2.45) is 0 Å². The van der Waals surface area contributed by atoms with E-state index in [4.69, 9.17) is 0 Å². The normalized spacial score (nSPS) is 23.9. The molecule has 5 heteroatoms. The van der Waals surface area contributed by atoms with Gasteiger partial charge in [-0.3, -0.25) is 14.9 Å². The first-order chi connectivity index (χ1) is 11.0. The van der Waals surface area contributed by atoms with Crippen molar-refractivity contribution in [2.45, 2.75) is 44.4 Å². The van der Waals surface area contributed by atoms with Crippen LogP contribution < -0.4 is 5.32 Å². The zero-order chi connectivity index (χ0) is 16.6. The van der Waals surface area contributed by atoms with E-state index in [-0.39, 0.29) is 24.1 Å². The van der Waals surface area contributed by atoms with Gasteiger partial charge in [0.05, 0.1) is 5.92 Å². The van der Waals surface area contributed by atoms with Crippen molar-refractivity contribution in [1.29, 1.82) is 0 Å². The van der Waals surface area contributed by atoms with Crippen LogP contribution in [0, 0.1) is 12.7 Å². The zero-order valence-electron chi connectivity index (χ0n) is 13.7. The number of carbonyl (C=O) groups is 2. The van der Waals surface area contributed by atoms with E-state index < -0.39 is 5.92 Å². The van der Waals surface area contributed by atoms with E-state index in [0.29, 0.717) is 23.5 Å². The highest BCUT2D eigenvalue weighted by molar-refractivity contribution is 6.00. The quantitative estimate of drug-likeness (QED) is 0.852. The fraction of sp³-hybridized carbons (Fsp3) is 0.556. The number of likely N-dealkylation sites (tertiary alicyclic amines) is 1. The van der Waals surface area contributed by atoms with Crippen LogP contribution in [0.4, 0.5) is 4.39 Å². The average molecular weight is 318 g/mol. The van der Waals surface area contributed by atoms with Gasteiger partial charge < -0.3 is 4.90 Å². The molecule has 2 aliphatic heterocycles. The Morgan fingerprint density at radius 2 is 1.78 bits per heavy atom. The van der Waals surface area contributed by atoms with E-state index in [1.54, 1.807) is 13.0 Å². The van der Waals surface area contributed by atoms with E-state index in [1.165, 1.54) is 0 Å². The van der Waals surface area contributed by atoms with E-state index in [2.05, 4.69) is 17.3 Å². The molecule has 2 heterocycles. The van der Waals surface area contributed by atoms with Crippen LogP contribution in [-0.4, -0.2) is 36.9 Å². The molecule has 1 unspecified atom stereocenters. The third-order valence-electron chi connectivity index (χ3n) is 5.23. The largest absolute Gasteiger partial charge is 0.306 e. The molecule has 2 saturated heterocycles. The Morgan fingerprint density at radius 3 is 2.43 bits per heavy atom. The number of piperidine rings is 2. The number of halogens is 1. The van der Waals surface area contributed by atoms with Crippen LogP contribution in [-0.2, 0) is 9.59 Å². The molecule has 2 fully saturated rings. The maximum atomic E-state index is 14.9. The summed E-state index contributed by atoms with van der Waals surface area (Å²) in [6.45, 7) is 3.86. The van der Waals surface area contributed by atoms with Crippen LogP contribution in [0.2, 0.25) is 0 Å². The second-order valence-corrected chi connectivity index (χ2v) is 6.76. The molecule has 1 atom stereocenters. The summed E-state index contributed by atoms with van der Waals surface area (Å²) in [6, 6.07) is 3.73. The van der Waals surface area contributed by atoms with Crippen LogP contribution in [0.25, 0.3) is 0 Å². The van der Waals surface area contributed by atoms with E-state index in [0.717, 1.165) is 31.5 Å². The highest BCUT2D eigenvalue weighted by Gasteiger charge is 2.31. The van der Waals surface area contributed by atoms with Gasteiger partial charge in [-0.15, -0.1) is 0 Å². The molecule has 23 heavy (non-hydrogen) atoms. The first-order valence-electron chi connectivity index (χ1n) is 8.28. The molecular formula is C18H23FN2O2. The summed E-state index contributed by atoms with van der Waals surface area (Å²) in [5.74, 6) is -1.11. The standard InChI is InChI=1S/C18H23FN2O2/c1-11-13(12-7-9-21(2)10-8-12)3-4-14(17(11)19)15-5-6-16(22)20-18(15)23/h3-4,12,15H,5-10H2,1-2H3,(H,20,22,23). The smallest absolute Gasteiger partial charge is 0.234 e. The van der Waals surface area contributed by atoms with Crippen molar-refractivity contribution >= 4 is 11.8 Å². The number of hydrogen-bond donors (Lipinski definition) is 1. The van der Waals surface area contributed by atoms with Crippen molar-refractivity contribution in [3.05, 3.63) is 34.6 Å². The summed E-state index contributed by atoms with van der Waals surface area (Å²) in [6.07, 6.45) is 2.73. The van der Waals surface area contributed by atoms with Gasteiger partial charge in [0, 0.05) is 12.0 Å². The third kappa shape index (κ3) is 3.15. The summed E-state index contributed by atoms with van der Waals surface area (Å²) in [5, 5.41) is 2.31. The first kappa shape index (κ1) is 16.1. The lowest BCUT2D eigenvalue weighted by Gasteiger charge is -2.31. The summed E-state index contributed by atoms with van der Waals surface area (Å²) in [7, 11) is 2.11. The van der Waals surface area contributed by atoms with E-state index in [1.807, 2.05) is 6.07 Å². The maximum Gasteiger partial charge on any atom is 0.234 e. The number of nitrogens with one attached hydrogen (secondary N) is 1. The number of imide groups is 1. The predicted octanol–water partition coefficient (Wildman–Crippen LogP) is 2.46. The van der Waals surface area contributed by atoms with Crippen molar-refractivity contribution in [3.63, 3.8) is 0 Å². The highest BCUT2D eigenvalue weighted by atomic mass is 19.1. The van der Waals surface area contributed by atoms with Gasteiger partial charge in [0.25, 0.3) is 0 Å². The van der Waals surface area contributed by atoms with Gasteiger partial charge in [-0.05, 0) is 63.4 Å². The Kier molecular flexibility index (Phi) is 4.48. The van der Waals surface area contributed by atoms with E-state index in [9.17, 15) is 14.0 Å². The highest BCUT2D eigenvalue weighted by Crippen LogP contribution is 2.35. The van der Waals surface area contributed by atoms with Crippen LogP contribution in [0.15, 0.2) is 12.1 Å². The Bertz CT molecular complexity index is 636. The van der Waals surface area contributed by atoms with Crippen LogP contribution in [0.5, 0.6) is 0 Å². The lowest BCUT2D eigenvalue weighted by molar-refractivity contribution is -0.134. The molecule has 2 aliphatic rings. The van der Waals surface area contributed by atoms with Crippen molar-refractivity contribution in [2.75, 3.05) is 20.1 Å². The molecule has 2 amide bonds. The van der Waals surface area contributed by atoms with Gasteiger partial charge in [-0.1, -0.05) is 12.1 Å². The SMILES string of the molecule is Cc1c(C2CCN(C)CC2)ccc(C2CCC(=O)NC2=O)c1F. The summed E-state index contributed by atoms with van der Waals surface area (Å²) in [5.41, 5.74) is 2.14. The van der Waals surface area contributed by atoms with Gasteiger partial charge in [0.1, 0.15) is 5.82 Å². The maximum absolute atomic E-state index is 14.9. The number of nitrogens with zero attached hydrogens (tertiary/aromatic N) is 1. The Labute approximate surface area is 136 Å². The van der Waals surface area contributed by atoms with Gasteiger partial charge >= 0.3 is 0 Å². The minimum atomic E-state index is -0.557. The third-order valence-corrected chi connectivity index (χ3v) is 5.23. The number of carbonyl (C=O) groups excluding carboxylic acids is 2. The molecule has 0 radical (unpaired) electrons. The summed E-state index contributed by atoms with van der Waals surface area (Å²) >= 11 is 0. The van der Waals surface area contributed by atoms with Crippen LogP contribution in [0.1, 0.15) is 54.2 Å². The van der Waals surface area contributed by atoms with Crippen molar-refractivity contribution < 1.29 is 14.0 Å². The van der Waals surface area contributed by atoms with Crippen molar-refractivity contribution in [1.82, 2.24) is 10.2 Å². The van der Waals surface area contributed by atoms with E-state index >= 15 is 0 Å². The molecule has 1 aromatic rings. The zero-order valence-corrected chi connectivity index (χ0v) is 13.7. The Balaban J connectivity index is 1.86. The number of rotatable bonds is 2. The second kappa shape index (κ2) is 6.40. The molecule has 0 saturated carbocycles. The fourth-order valence-electron chi connectivity index (χ4n) is 3.74. The second-order valence-electron chi connectivity index (χ2n) is 6.76. The molecule has 3 rings (SSSR count). The molecular weight excluding hydrogens is 295 g/mol. The number of hydrogen-bond acceptors (Lipinski definition) is 3. The fourth-order valence-corrected chi connectivity index (χ4v) is 3.74. The molecule has 0 aliphatic carbocycles. The molecule has 0 bridgehead atoms. The molecule has 4 nitrogen and oxygen atoms in total. The molecule has 0 spiro atoms. The molecule has 0 aromatic heterocycles. The first-order valence-corrected chi connectivity index (χ1v) is 8.28. The Morgan fingerprint density at radius 1 is 1.13 bits per heavy atom. The summed E-state index contributed by atoms with van der Waals surface area (Å²) < 4.78 is 14.9. The van der Waals surface area contributed by atoms with Gasteiger partial charge in [-0.25, -0.2) is 4.39 Å². The Hall–Kier alpha value is -1.75. The van der Waals surface area contributed by atoms with Crippen molar-refractivity contribution in [3.8, 4) is 0 Å². The molecule has 1 aromatic carbocycles.